The summed E-state index contributed by atoms with van der Waals surface area (Å²) >= 11 is 1.04. The molecule has 0 fully saturated rings. The molecule has 0 aliphatic carbocycles. The number of aromatic nitrogens is 1. The number of hydrogen-bond acceptors (Lipinski definition) is 4. The van der Waals surface area contributed by atoms with Crippen LogP contribution in [0.3, 0.4) is 0 Å². The van der Waals surface area contributed by atoms with Crippen LogP contribution >= 0.6 is 11.3 Å². The third-order valence-electron chi connectivity index (χ3n) is 1.73. The molecule has 0 bridgehead atoms. The molecule has 0 aromatic carbocycles. The van der Waals surface area contributed by atoms with E-state index in [-0.39, 0.29) is 5.69 Å². The molecule has 1 unspecified atom stereocenters. The number of thiazole rings is 1. The zero-order valence-corrected chi connectivity index (χ0v) is 7.95. The maximum atomic E-state index is 12.3. The Morgan fingerprint density at radius 1 is 1.57 bits per heavy atom. The van der Waals surface area contributed by atoms with Crippen molar-refractivity contribution in [2.45, 2.75) is 18.6 Å². The largest absolute Gasteiger partial charge is 0.413 e. The lowest BCUT2D eigenvalue weighted by atomic mass is 9.95. The molecule has 2 N–H and O–H groups in total. The molecule has 7 heteroatoms. The van der Waals surface area contributed by atoms with Crippen molar-refractivity contribution in [2.75, 3.05) is 0 Å². The Hall–Kier alpha value is -0.950. The lowest BCUT2D eigenvalue weighted by Gasteiger charge is -2.24. The van der Waals surface area contributed by atoms with E-state index in [0.717, 1.165) is 11.3 Å². The number of Topliss-reactive ketones (excluding diaryl/α,β-unsaturated/α-hetero) is 1. The normalized spacial score (nSPS) is 16.4. The lowest BCUT2D eigenvalue weighted by Crippen LogP contribution is -2.57. The molecule has 0 amide bonds. The Labute approximate surface area is 81.7 Å². The fourth-order valence-electron chi connectivity index (χ4n) is 0.719. The number of nitrogens with zero attached hydrogens (tertiary/aromatic N) is 1. The summed E-state index contributed by atoms with van der Waals surface area (Å²) in [6, 6.07) is 0. The van der Waals surface area contributed by atoms with Crippen molar-refractivity contribution in [3.8, 4) is 0 Å². The van der Waals surface area contributed by atoms with Crippen LogP contribution in [0.25, 0.3) is 0 Å². The summed E-state index contributed by atoms with van der Waals surface area (Å²) in [6.07, 6.45) is -4.77. The molecule has 0 saturated heterocycles. The van der Waals surface area contributed by atoms with Gasteiger partial charge in [0.25, 0.3) is 0 Å². The first-order valence-electron chi connectivity index (χ1n) is 3.55. The van der Waals surface area contributed by atoms with Gasteiger partial charge >= 0.3 is 6.18 Å². The second-order valence-electron chi connectivity index (χ2n) is 2.90. The number of hydrogen-bond donors (Lipinski definition) is 1. The van der Waals surface area contributed by atoms with Crippen LogP contribution in [0, 0.1) is 0 Å². The first-order chi connectivity index (χ1) is 6.27. The van der Waals surface area contributed by atoms with Crippen LogP contribution in [-0.2, 0) is 0 Å². The molecule has 14 heavy (non-hydrogen) atoms. The molecule has 0 radical (unpaired) electrons. The van der Waals surface area contributed by atoms with Crippen molar-refractivity contribution in [1.29, 1.82) is 0 Å². The molecule has 3 nitrogen and oxygen atoms in total. The van der Waals surface area contributed by atoms with E-state index < -0.39 is 17.5 Å². The van der Waals surface area contributed by atoms with E-state index in [1.807, 2.05) is 0 Å². The molecular formula is C7H7F3N2OS. The Balaban J connectivity index is 3.01. The fourth-order valence-corrected chi connectivity index (χ4v) is 1.25. The van der Waals surface area contributed by atoms with Crippen molar-refractivity contribution in [1.82, 2.24) is 4.98 Å². The van der Waals surface area contributed by atoms with Gasteiger partial charge in [-0.2, -0.15) is 13.2 Å². The maximum absolute atomic E-state index is 12.3. The maximum Gasteiger partial charge on any atom is 0.413 e. The van der Waals surface area contributed by atoms with Crippen molar-refractivity contribution in [2.24, 2.45) is 5.73 Å². The van der Waals surface area contributed by atoms with E-state index in [1.165, 1.54) is 10.9 Å². The molecule has 0 saturated carbocycles. The standard InChI is InChI=1S/C7H7F3N2OS/c1-6(11,7(8,9)10)5(13)4-2-14-3-12-4/h2-3H,11H2,1H3. The van der Waals surface area contributed by atoms with Gasteiger partial charge in [0.05, 0.1) is 5.51 Å². The third-order valence-corrected chi connectivity index (χ3v) is 2.31. The minimum absolute atomic E-state index is 0.252. The summed E-state index contributed by atoms with van der Waals surface area (Å²) in [5.41, 5.74) is 3.07. The molecule has 1 heterocycles. The number of carbonyl (C=O) groups is 1. The van der Waals surface area contributed by atoms with Gasteiger partial charge in [0, 0.05) is 5.38 Å². The topological polar surface area (TPSA) is 56.0 Å². The van der Waals surface area contributed by atoms with Gasteiger partial charge in [-0.15, -0.1) is 11.3 Å². The van der Waals surface area contributed by atoms with Crippen molar-refractivity contribution in [3.05, 3.63) is 16.6 Å². The van der Waals surface area contributed by atoms with Crippen LogP contribution in [0.15, 0.2) is 10.9 Å². The second kappa shape index (κ2) is 3.32. The van der Waals surface area contributed by atoms with Crippen LogP contribution < -0.4 is 5.73 Å². The van der Waals surface area contributed by atoms with Gasteiger partial charge in [-0.25, -0.2) is 4.98 Å². The van der Waals surface area contributed by atoms with Gasteiger partial charge in [-0.05, 0) is 6.92 Å². The molecular weight excluding hydrogens is 217 g/mol. The summed E-state index contributed by atoms with van der Waals surface area (Å²) < 4.78 is 36.9. The number of rotatable bonds is 2. The van der Waals surface area contributed by atoms with Crippen molar-refractivity contribution >= 4 is 17.1 Å². The van der Waals surface area contributed by atoms with Crippen molar-refractivity contribution in [3.63, 3.8) is 0 Å². The number of carbonyl (C=O) groups excluding carboxylic acids is 1. The second-order valence-corrected chi connectivity index (χ2v) is 3.62. The van der Waals surface area contributed by atoms with E-state index in [0.29, 0.717) is 6.92 Å². The van der Waals surface area contributed by atoms with E-state index >= 15 is 0 Å². The fraction of sp³-hybridized carbons (Fsp3) is 0.429. The van der Waals surface area contributed by atoms with Gasteiger partial charge in [0.1, 0.15) is 5.69 Å². The van der Waals surface area contributed by atoms with Gasteiger partial charge in [-0.1, -0.05) is 0 Å². The van der Waals surface area contributed by atoms with Gasteiger partial charge in [0.15, 0.2) is 5.54 Å². The summed E-state index contributed by atoms with van der Waals surface area (Å²) in [7, 11) is 0. The van der Waals surface area contributed by atoms with Crippen molar-refractivity contribution < 1.29 is 18.0 Å². The Morgan fingerprint density at radius 2 is 2.14 bits per heavy atom. The van der Waals surface area contributed by atoms with Crippen LogP contribution in [-0.4, -0.2) is 22.5 Å². The lowest BCUT2D eigenvalue weighted by molar-refractivity contribution is -0.166. The SMILES string of the molecule is CC(N)(C(=O)c1cscn1)C(F)(F)F. The first-order valence-corrected chi connectivity index (χ1v) is 4.49. The zero-order valence-electron chi connectivity index (χ0n) is 7.13. The molecule has 1 rings (SSSR count). The highest BCUT2D eigenvalue weighted by Gasteiger charge is 2.54. The number of ketones is 1. The summed E-state index contributed by atoms with van der Waals surface area (Å²) in [5.74, 6) is -1.22. The van der Waals surface area contributed by atoms with Crippen LogP contribution in [0.1, 0.15) is 17.4 Å². The Kier molecular flexibility index (Phi) is 2.64. The quantitative estimate of drug-likeness (QED) is 0.776. The monoisotopic (exact) mass is 224 g/mol. The van der Waals surface area contributed by atoms with Gasteiger partial charge in [0.2, 0.25) is 5.78 Å². The zero-order chi connectivity index (χ0) is 11.0. The van der Waals surface area contributed by atoms with E-state index in [2.05, 4.69) is 4.98 Å². The summed E-state index contributed by atoms with van der Waals surface area (Å²) in [4.78, 5) is 14.8. The molecule has 1 aromatic rings. The van der Waals surface area contributed by atoms with Crippen LogP contribution in [0.5, 0.6) is 0 Å². The number of halogens is 3. The summed E-state index contributed by atoms with van der Waals surface area (Å²) in [5, 5.41) is 1.24. The predicted octanol–water partition coefficient (Wildman–Crippen LogP) is 1.61. The molecule has 1 aromatic heterocycles. The number of nitrogens with two attached hydrogens (primary N) is 1. The van der Waals surface area contributed by atoms with E-state index in [9.17, 15) is 18.0 Å². The molecule has 0 aliphatic rings. The molecule has 1 atom stereocenters. The minimum Gasteiger partial charge on any atom is -0.311 e. The predicted molar refractivity (Wildman–Crippen MR) is 45.1 cm³/mol. The average molecular weight is 224 g/mol. The highest BCUT2D eigenvalue weighted by atomic mass is 32.1. The number of alkyl halides is 3. The highest BCUT2D eigenvalue weighted by Crippen LogP contribution is 2.30. The Morgan fingerprint density at radius 3 is 2.50 bits per heavy atom. The Bertz CT molecular complexity index is 331. The first kappa shape index (κ1) is 11.1. The smallest absolute Gasteiger partial charge is 0.311 e. The summed E-state index contributed by atoms with van der Waals surface area (Å²) in [6.45, 7) is 0.634. The average Bonchev–Trinajstić information content (AvgIpc) is 2.52. The molecule has 0 spiro atoms. The van der Waals surface area contributed by atoms with E-state index in [1.54, 1.807) is 0 Å². The highest BCUT2D eigenvalue weighted by molar-refractivity contribution is 7.07. The van der Waals surface area contributed by atoms with Gasteiger partial charge in [-0.3, -0.25) is 4.79 Å². The van der Waals surface area contributed by atoms with E-state index in [4.69, 9.17) is 5.73 Å². The third kappa shape index (κ3) is 1.78. The molecule has 0 aliphatic heterocycles. The van der Waals surface area contributed by atoms with Gasteiger partial charge < -0.3 is 5.73 Å². The molecule has 78 valence electrons. The van der Waals surface area contributed by atoms with Crippen LogP contribution in [0.4, 0.5) is 13.2 Å². The minimum atomic E-state index is -4.77. The van der Waals surface area contributed by atoms with Crippen LogP contribution in [0.2, 0.25) is 0 Å².